The molecule has 0 bridgehead atoms. The molecule has 1 aromatic carbocycles. The Morgan fingerprint density at radius 2 is 2.18 bits per heavy atom. The van der Waals surface area contributed by atoms with Gasteiger partial charge in [0.05, 0.1) is 5.56 Å². The first-order valence-electron chi connectivity index (χ1n) is 5.44. The molecular formula is C12H14BrN3O. The van der Waals surface area contributed by atoms with Crippen LogP contribution in [0.2, 0.25) is 0 Å². The van der Waals surface area contributed by atoms with E-state index < -0.39 is 0 Å². The molecule has 2 aromatic rings. The topological polar surface area (TPSA) is 64.9 Å². The molecule has 90 valence electrons. The second-order valence-electron chi connectivity index (χ2n) is 4.35. The molecule has 0 aliphatic heterocycles. The van der Waals surface area contributed by atoms with Crippen LogP contribution in [0.1, 0.15) is 19.7 Å². The van der Waals surface area contributed by atoms with Crippen molar-refractivity contribution in [2.75, 3.05) is 5.73 Å². The molecule has 0 aliphatic rings. The van der Waals surface area contributed by atoms with E-state index in [1.54, 1.807) is 0 Å². The number of nitrogens with two attached hydrogens (primary N) is 1. The van der Waals surface area contributed by atoms with Crippen LogP contribution < -0.4 is 5.73 Å². The zero-order valence-electron chi connectivity index (χ0n) is 9.77. The van der Waals surface area contributed by atoms with Crippen molar-refractivity contribution in [3.63, 3.8) is 0 Å². The fourth-order valence-electron chi connectivity index (χ4n) is 1.52. The average Bonchev–Trinajstić information content (AvgIpc) is 2.69. The largest absolute Gasteiger partial charge is 0.399 e. The third kappa shape index (κ3) is 2.85. The maximum Gasteiger partial charge on any atom is 0.259 e. The van der Waals surface area contributed by atoms with Crippen molar-refractivity contribution in [2.24, 2.45) is 5.92 Å². The number of hydrogen-bond donors (Lipinski definition) is 1. The van der Waals surface area contributed by atoms with E-state index in [1.807, 2.05) is 18.2 Å². The van der Waals surface area contributed by atoms with Crippen LogP contribution in [0.4, 0.5) is 5.69 Å². The Bertz CT molecular complexity index is 522. The summed E-state index contributed by atoms with van der Waals surface area (Å²) in [6.07, 6.45) is 0.809. The van der Waals surface area contributed by atoms with Gasteiger partial charge in [-0.25, -0.2) is 0 Å². The lowest BCUT2D eigenvalue weighted by atomic mass is 10.1. The lowest BCUT2D eigenvalue weighted by molar-refractivity contribution is 0.417. The highest BCUT2D eigenvalue weighted by Gasteiger charge is 2.13. The van der Waals surface area contributed by atoms with Crippen LogP contribution in [0.5, 0.6) is 0 Å². The maximum absolute atomic E-state index is 5.74. The zero-order chi connectivity index (χ0) is 12.4. The monoisotopic (exact) mass is 295 g/mol. The minimum absolute atomic E-state index is 0.500. The Labute approximate surface area is 108 Å². The molecule has 0 atom stereocenters. The smallest absolute Gasteiger partial charge is 0.259 e. The fourth-order valence-corrected chi connectivity index (χ4v) is 1.93. The van der Waals surface area contributed by atoms with E-state index in [4.69, 9.17) is 10.3 Å². The van der Waals surface area contributed by atoms with Crippen LogP contribution in [0.15, 0.2) is 27.2 Å². The molecule has 0 amide bonds. The predicted molar refractivity (Wildman–Crippen MR) is 70.4 cm³/mol. The summed E-state index contributed by atoms with van der Waals surface area (Å²) in [5.74, 6) is 1.73. The molecule has 2 N–H and O–H groups in total. The van der Waals surface area contributed by atoms with Gasteiger partial charge in [0.15, 0.2) is 5.82 Å². The summed E-state index contributed by atoms with van der Waals surface area (Å²) in [6.45, 7) is 4.24. The molecule has 1 heterocycles. The van der Waals surface area contributed by atoms with Gasteiger partial charge in [-0.1, -0.05) is 19.0 Å². The summed E-state index contributed by atoms with van der Waals surface area (Å²) >= 11 is 3.44. The van der Waals surface area contributed by atoms with E-state index in [-0.39, 0.29) is 0 Å². The van der Waals surface area contributed by atoms with Crippen LogP contribution in [-0.2, 0) is 6.42 Å². The number of nitrogen functional groups attached to an aromatic ring is 1. The summed E-state index contributed by atoms with van der Waals surface area (Å²) in [4.78, 5) is 4.36. The van der Waals surface area contributed by atoms with Gasteiger partial charge in [0.1, 0.15) is 0 Å². The quantitative estimate of drug-likeness (QED) is 0.883. The lowest BCUT2D eigenvalue weighted by Crippen LogP contribution is -1.95. The Balaban J connectivity index is 2.33. The first-order chi connectivity index (χ1) is 8.06. The van der Waals surface area contributed by atoms with Gasteiger partial charge >= 0.3 is 0 Å². The molecule has 1 aromatic heterocycles. The highest BCUT2D eigenvalue weighted by molar-refractivity contribution is 9.10. The average molecular weight is 296 g/mol. The third-order valence-corrected chi connectivity index (χ3v) is 2.97. The first kappa shape index (κ1) is 12.1. The summed E-state index contributed by atoms with van der Waals surface area (Å²) in [7, 11) is 0. The molecule has 0 saturated heterocycles. The van der Waals surface area contributed by atoms with E-state index in [2.05, 4.69) is 39.9 Å². The second-order valence-corrected chi connectivity index (χ2v) is 5.21. The molecule has 0 aliphatic carbocycles. The van der Waals surface area contributed by atoms with E-state index in [9.17, 15) is 0 Å². The van der Waals surface area contributed by atoms with Crippen LogP contribution in [0.3, 0.4) is 0 Å². The van der Waals surface area contributed by atoms with Crippen molar-refractivity contribution < 1.29 is 4.52 Å². The fraction of sp³-hybridized carbons (Fsp3) is 0.333. The molecule has 0 unspecified atom stereocenters. The van der Waals surface area contributed by atoms with E-state index in [0.717, 1.165) is 22.3 Å². The molecule has 0 fully saturated rings. The lowest BCUT2D eigenvalue weighted by Gasteiger charge is -2.00. The van der Waals surface area contributed by atoms with Crippen molar-refractivity contribution in [1.82, 2.24) is 10.1 Å². The first-order valence-corrected chi connectivity index (χ1v) is 6.23. The Morgan fingerprint density at radius 1 is 1.41 bits per heavy atom. The molecule has 4 nitrogen and oxygen atoms in total. The van der Waals surface area contributed by atoms with Crippen molar-refractivity contribution >= 4 is 21.6 Å². The van der Waals surface area contributed by atoms with Gasteiger partial charge in [-0.15, -0.1) is 0 Å². The van der Waals surface area contributed by atoms with E-state index in [0.29, 0.717) is 17.5 Å². The maximum atomic E-state index is 5.74. The van der Waals surface area contributed by atoms with E-state index in [1.165, 1.54) is 0 Å². The molecule has 0 spiro atoms. The molecular weight excluding hydrogens is 282 g/mol. The number of benzene rings is 1. The molecule has 0 radical (unpaired) electrons. The standard InChI is InChI=1S/C12H14BrN3O/c1-7(2)5-11-15-12(17-16-11)9-6-8(14)3-4-10(9)13/h3-4,6-7H,5,14H2,1-2H3. The zero-order valence-corrected chi connectivity index (χ0v) is 11.4. The number of anilines is 1. The number of hydrogen-bond acceptors (Lipinski definition) is 4. The summed E-state index contributed by atoms with van der Waals surface area (Å²) in [6, 6.07) is 5.51. The van der Waals surface area contributed by atoms with Gasteiger partial charge in [-0.2, -0.15) is 4.98 Å². The van der Waals surface area contributed by atoms with Gasteiger partial charge in [0.25, 0.3) is 5.89 Å². The highest BCUT2D eigenvalue weighted by atomic mass is 79.9. The summed E-state index contributed by atoms with van der Waals surface area (Å²) in [5.41, 5.74) is 7.24. The van der Waals surface area contributed by atoms with Crippen LogP contribution in [0.25, 0.3) is 11.5 Å². The molecule has 2 rings (SSSR count). The SMILES string of the molecule is CC(C)Cc1noc(-c2cc(N)ccc2Br)n1. The second kappa shape index (κ2) is 4.87. The van der Waals surface area contributed by atoms with Crippen molar-refractivity contribution in [3.8, 4) is 11.5 Å². The summed E-state index contributed by atoms with van der Waals surface area (Å²) < 4.78 is 6.14. The van der Waals surface area contributed by atoms with Crippen molar-refractivity contribution in [2.45, 2.75) is 20.3 Å². The normalized spacial score (nSPS) is 11.1. The minimum atomic E-state index is 0.500. The van der Waals surface area contributed by atoms with E-state index >= 15 is 0 Å². The minimum Gasteiger partial charge on any atom is -0.399 e. The number of rotatable bonds is 3. The van der Waals surface area contributed by atoms with Crippen LogP contribution in [-0.4, -0.2) is 10.1 Å². The van der Waals surface area contributed by atoms with Gasteiger partial charge in [-0.3, -0.25) is 0 Å². The predicted octanol–water partition coefficient (Wildman–Crippen LogP) is 3.28. The van der Waals surface area contributed by atoms with Gasteiger partial charge < -0.3 is 10.3 Å². The Morgan fingerprint density at radius 3 is 2.88 bits per heavy atom. The Kier molecular flexibility index (Phi) is 3.47. The highest BCUT2D eigenvalue weighted by Crippen LogP contribution is 2.28. The number of halogens is 1. The van der Waals surface area contributed by atoms with Crippen molar-refractivity contribution in [1.29, 1.82) is 0 Å². The summed E-state index contributed by atoms with van der Waals surface area (Å²) in [5, 5.41) is 3.96. The van der Waals surface area contributed by atoms with Gasteiger partial charge in [0, 0.05) is 16.6 Å². The number of nitrogens with zero attached hydrogens (tertiary/aromatic N) is 2. The Hall–Kier alpha value is -1.36. The third-order valence-electron chi connectivity index (χ3n) is 2.28. The van der Waals surface area contributed by atoms with Gasteiger partial charge in [0.2, 0.25) is 0 Å². The molecule has 0 saturated carbocycles. The molecule has 17 heavy (non-hydrogen) atoms. The molecule has 5 heteroatoms. The van der Waals surface area contributed by atoms with Crippen molar-refractivity contribution in [3.05, 3.63) is 28.5 Å². The number of aromatic nitrogens is 2. The van der Waals surface area contributed by atoms with Gasteiger partial charge in [-0.05, 0) is 40.0 Å². The van der Waals surface area contributed by atoms with Crippen LogP contribution >= 0.6 is 15.9 Å². The van der Waals surface area contributed by atoms with Crippen LogP contribution in [0, 0.1) is 5.92 Å².